The van der Waals surface area contributed by atoms with Crippen molar-refractivity contribution in [2.75, 3.05) is 0 Å². The van der Waals surface area contributed by atoms with Crippen molar-refractivity contribution in [3.05, 3.63) is 34.9 Å². The van der Waals surface area contributed by atoms with Crippen LogP contribution < -0.4 is 0 Å². The van der Waals surface area contributed by atoms with Crippen LogP contribution in [-0.4, -0.2) is 11.7 Å². The molecule has 0 spiro atoms. The van der Waals surface area contributed by atoms with E-state index in [1.165, 1.54) is 57.8 Å². The molecule has 0 saturated carbocycles. The fourth-order valence-electron chi connectivity index (χ4n) is 4.72. The van der Waals surface area contributed by atoms with Crippen LogP contribution in [0.1, 0.15) is 112 Å². The van der Waals surface area contributed by atoms with E-state index in [-0.39, 0.29) is 5.60 Å². The molecule has 28 heavy (non-hydrogen) atoms. The van der Waals surface area contributed by atoms with Gasteiger partial charge in [0.2, 0.25) is 0 Å². The van der Waals surface area contributed by atoms with E-state index in [1.54, 1.807) is 16.7 Å². The molecule has 4 unspecified atom stereocenters. The van der Waals surface area contributed by atoms with Crippen molar-refractivity contribution in [3.63, 3.8) is 0 Å². The topological polar surface area (TPSA) is 9.23 Å². The minimum Gasteiger partial charge on any atom is -0.367 e. The summed E-state index contributed by atoms with van der Waals surface area (Å²) >= 11 is 0. The normalized spacial score (nSPS) is 31.5. The van der Waals surface area contributed by atoms with Gasteiger partial charge in [-0.3, -0.25) is 0 Å². The monoisotopic (exact) mass is 386 g/mol. The average Bonchev–Trinajstić information content (AvgIpc) is 2.65. The molecule has 1 saturated heterocycles. The standard InChI is InChI=1S/C27H46O/c1-7-8-9-12-21(2)13-10-14-22(3)15-11-19-27(6)20-18-25-17-16-23(4)24(5)26(25)28-27/h12,15,17,23-24,26H,7-11,13-14,16,18-20H2,1-6H3/b21-12+,22-15+. The first-order valence-corrected chi connectivity index (χ1v) is 12.0. The predicted molar refractivity (Wildman–Crippen MR) is 124 cm³/mol. The largest absolute Gasteiger partial charge is 0.367 e. The first-order valence-electron chi connectivity index (χ1n) is 12.0. The lowest BCUT2D eigenvalue weighted by Crippen LogP contribution is -2.44. The van der Waals surface area contributed by atoms with E-state index < -0.39 is 0 Å². The zero-order valence-electron chi connectivity index (χ0n) is 19.7. The van der Waals surface area contributed by atoms with Gasteiger partial charge in [0.05, 0.1) is 11.7 Å². The molecule has 160 valence electrons. The molecule has 0 amide bonds. The average molecular weight is 387 g/mol. The molecular formula is C27H46O. The minimum atomic E-state index is 0.0582. The van der Waals surface area contributed by atoms with Gasteiger partial charge < -0.3 is 4.74 Å². The summed E-state index contributed by atoms with van der Waals surface area (Å²) in [4.78, 5) is 0. The Balaban J connectivity index is 1.73. The Bertz CT molecular complexity index is 567. The van der Waals surface area contributed by atoms with Crippen molar-refractivity contribution in [2.24, 2.45) is 11.8 Å². The summed E-state index contributed by atoms with van der Waals surface area (Å²) in [5.74, 6) is 1.41. The van der Waals surface area contributed by atoms with Gasteiger partial charge in [-0.2, -0.15) is 0 Å². The van der Waals surface area contributed by atoms with Gasteiger partial charge in [-0.1, -0.05) is 63.0 Å². The Kier molecular flexibility index (Phi) is 9.54. The van der Waals surface area contributed by atoms with E-state index >= 15 is 0 Å². The maximum absolute atomic E-state index is 6.70. The molecule has 4 atom stereocenters. The van der Waals surface area contributed by atoms with E-state index in [2.05, 4.69) is 59.8 Å². The molecule has 1 heteroatoms. The van der Waals surface area contributed by atoms with Crippen LogP contribution in [0.5, 0.6) is 0 Å². The van der Waals surface area contributed by atoms with Crippen LogP contribution in [0.25, 0.3) is 0 Å². The van der Waals surface area contributed by atoms with Gasteiger partial charge >= 0.3 is 0 Å². The summed E-state index contributed by atoms with van der Waals surface area (Å²) in [6, 6.07) is 0. The van der Waals surface area contributed by atoms with E-state index in [1.807, 2.05) is 0 Å². The first kappa shape index (κ1) is 23.5. The molecule has 0 aromatic heterocycles. The molecule has 0 N–H and O–H groups in total. The fraction of sp³-hybridized carbons (Fsp3) is 0.778. The molecule has 0 radical (unpaired) electrons. The SMILES string of the molecule is CCCC/C=C(\C)CCC/C(C)=C/CCC1(C)CCC2=CCC(C)C(C)C2O1. The van der Waals surface area contributed by atoms with E-state index in [0.717, 1.165) is 18.8 Å². The van der Waals surface area contributed by atoms with Crippen molar-refractivity contribution in [1.29, 1.82) is 0 Å². The molecule has 1 aliphatic carbocycles. The van der Waals surface area contributed by atoms with Crippen LogP contribution in [0.15, 0.2) is 34.9 Å². The third-order valence-electron chi connectivity index (χ3n) is 7.21. The highest BCUT2D eigenvalue weighted by atomic mass is 16.5. The number of allylic oxidation sites excluding steroid dienone is 5. The van der Waals surface area contributed by atoms with Crippen LogP contribution in [0.4, 0.5) is 0 Å². The third-order valence-corrected chi connectivity index (χ3v) is 7.21. The minimum absolute atomic E-state index is 0.0582. The number of rotatable bonds is 10. The second-order valence-electron chi connectivity index (χ2n) is 9.97. The highest BCUT2D eigenvalue weighted by molar-refractivity contribution is 5.18. The fourth-order valence-corrected chi connectivity index (χ4v) is 4.72. The van der Waals surface area contributed by atoms with E-state index in [0.29, 0.717) is 12.0 Å². The number of unbranched alkanes of at least 4 members (excludes halogenated alkanes) is 2. The Hall–Kier alpha value is -0.820. The van der Waals surface area contributed by atoms with E-state index in [4.69, 9.17) is 4.74 Å². The molecular weight excluding hydrogens is 340 g/mol. The second-order valence-corrected chi connectivity index (χ2v) is 9.97. The van der Waals surface area contributed by atoms with Crippen LogP contribution >= 0.6 is 0 Å². The van der Waals surface area contributed by atoms with Crippen molar-refractivity contribution < 1.29 is 4.74 Å². The summed E-state index contributed by atoms with van der Waals surface area (Å²) in [7, 11) is 0. The summed E-state index contributed by atoms with van der Waals surface area (Å²) in [6.07, 6.45) is 21.4. The van der Waals surface area contributed by atoms with Crippen LogP contribution in [0.3, 0.4) is 0 Å². The third kappa shape index (κ3) is 7.21. The highest BCUT2D eigenvalue weighted by Gasteiger charge is 2.40. The van der Waals surface area contributed by atoms with Crippen LogP contribution in [0, 0.1) is 11.8 Å². The zero-order chi connectivity index (χ0) is 20.6. The van der Waals surface area contributed by atoms with Gasteiger partial charge in [-0.15, -0.1) is 0 Å². The summed E-state index contributed by atoms with van der Waals surface area (Å²) in [5.41, 5.74) is 4.77. The van der Waals surface area contributed by atoms with Gasteiger partial charge in [0.1, 0.15) is 0 Å². The van der Waals surface area contributed by atoms with Crippen molar-refractivity contribution in [3.8, 4) is 0 Å². The number of hydrogen-bond donors (Lipinski definition) is 0. The molecule has 0 aromatic carbocycles. The number of fused-ring (bicyclic) bond motifs is 1. The Labute approximate surface area is 175 Å². The van der Waals surface area contributed by atoms with Gasteiger partial charge in [0.25, 0.3) is 0 Å². The zero-order valence-corrected chi connectivity index (χ0v) is 19.7. The molecule has 1 aliphatic heterocycles. The molecule has 0 aromatic rings. The van der Waals surface area contributed by atoms with E-state index in [9.17, 15) is 0 Å². The van der Waals surface area contributed by atoms with Gasteiger partial charge in [-0.25, -0.2) is 0 Å². The summed E-state index contributed by atoms with van der Waals surface area (Å²) in [6.45, 7) is 14.0. The summed E-state index contributed by atoms with van der Waals surface area (Å²) < 4.78 is 6.70. The number of ether oxygens (including phenoxy) is 1. The number of hydrogen-bond acceptors (Lipinski definition) is 1. The van der Waals surface area contributed by atoms with Crippen LogP contribution in [-0.2, 0) is 4.74 Å². The van der Waals surface area contributed by atoms with Crippen molar-refractivity contribution >= 4 is 0 Å². The maximum atomic E-state index is 6.70. The lowest BCUT2D eigenvalue weighted by molar-refractivity contribution is -0.123. The molecule has 1 fully saturated rings. The van der Waals surface area contributed by atoms with Crippen molar-refractivity contribution in [2.45, 2.75) is 124 Å². The lowest BCUT2D eigenvalue weighted by atomic mass is 9.74. The molecule has 2 rings (SSSR count). The predicted octanol–water partition coefficient (Wildman–Crippen LogP) is 8.56. The van der Waals surface area contributed by atoms with Gasteiger partial charge in [0, 0.05) is 0 Å². The second kappa shape index (κ2) is 11.4. The Morgan fingerprint density at radius 2 is 1.79 bits per heavy atom. The quantitative estimate of drug-likeness (QED) is 0.270. The lowest BCUT2D eigenvalue weighted by Gasteiger charge is -2.46. The summed E-state index contributed by atoms with van der Waals surface area (Å²) in [5, 5.41) is 0. The molecule has 0 bridgehead atoms. The Morgan fingerprint density at radius 1 is 1.11 bits per heavy atom. The van der Waals surface area contributed by atoms with Gasteiger partial charge in [-0.05, 0) is 96.0 Å². The smallest absolute Gasteiger partial charge is 0.0820 e. The molecule has 2 aliphatic rings. The highest BCUT2D eigenvalue weighted by Crippen LogP contribution is 2.43. The molecule has 1 heterocycles. The van der Waals surface area contributed by atoms with Crippen molar-refractivity contribution in [1.82, 2.24) is 0 Å². The van der Waals surface area contributed by atoms with Gasteiger partial charge in [0.15, 0.2) is 0 Å². The first-order chi connectivity index (χ1) is 13.3. The molecule has 1 nitrogen and oxygen atoms in total. The maximum Gasteiger partial charge on any atom is 0.0820 e. The van der Waals surface area contributed by atoms with Crippen LogP contribution in [0.2, 0.25) is 0 Å². The Morgan fingerprint density at radius 3 is 2.46 bits per heavy atom.